The smallest absolute Gasteiger partial charge is 0.363 e. The highest BCUT2D eigenvalue weighted by Crippen LogP contribution is 2.10. The predicted molar refractivity (Wildman–Crippen MR) is 54.6 cm³/mol. The molecule has 0 saturated heterocycles. The number of pyridine rings is 1. The van der Waals surface area contributed by atoms with Gasteiger partial charge in [-0.1, -0.05) is 0 Å². The molecule has 0 fully saturated rings. The van der Waals surface area contributed by atoms with Crippen LogP contribution in [0.2, 0.25) is 0 Å². The first-order valence-corrected chi connectivity index (χ1v) is 4.47. The van der Waals surface area contributed by atoms with Crippen molar-refractivity contribution in [2.75, 3.05) is 7.11 Å². The van der Waals surface area contributed by atoms with E-state index in [1.807, 2.05) is 0 Å². The third-order valence-corrected chi connectivity index (χ3v) is 1.96. The summed E-state index contributed by atoms with van der Waals surface area (Å²) in [7, 11) is 1.23. The number of nitro groups is 1. The molecule has 0 radical (unpaired) electrons. The van der Waals surface area contributed by atoms with Crippen molar-refractivity contribution >= 4 is 11.8 Å². The summed E-state index contributed by atoms with van der Waals surface area (Å²) in [5, 5.41) is 10.4. The maximum atomic E-state index is 11.0. The lowest BCUT2D eigenvalue weighted by Crippen LogP contribution is -2.33. The quantitative estimate of drug-likeness (QED) is 0.440. The molecule has 1 heterocycles. The van der Waals surface area contributed by atoms with Crippen LogP contribution < -0.4 is 5.73 Å². The summed E-state index contributed by atoms with van der Waals surface area (Å²) >= 11 is 0. The lowest BCUT2D eigenvalue weighted by atomic mass is 10.1. The molecule has 7 nitrogen and oxygen atoms in total. The van der Waals surface area contributed by atoms with Gasteiger partial charge in [0, 0.05) is 6.07 Å². The number of carbonyl (C=O) groups excluding carboxylic acids is 1. The molecule has 7 heteroatoms. The minimum atomic E-state index is -0.827. The summed E-state index contributed by atoms with van der Waals surface area (Å²) in [6.45, 7) is 0. The van der Waals surface area contributed by atoms with Gasteiger partial charge in [-0.15, -0.1) is 0 Å². The molecule has 1 rings (SSSR count). The van der Waals surface area contributed by atoms with E-state index >= 15 is 0 Å². The van der Waals surface area contributed by atoms with Crippen molar-refractivity contribution in [3.63, 3.8) is 0 Å². The minimum absolute atomic E-state index is 0.177. The summed E-state index contributed by atoms with van der Waals surface area (Å²) in [6, 6.07) is 2.02. The van der Waals surface area contributed by atoms with Crippen LogP contribution in [0.25, 0.3) is 0 Å². The van der Waals surface area contributed by atoms with Crippen molar-refractivity contribution in [3.05, 3.63) is 34.0 Å². The molecule has 2 N–H and O–H groups in total. The number of esters is 1. The molecule has 0 saturated carbocycles. The van der Waals surface area contributed by atoms with Crippen molar-refractivity contribution in [3.8, 4) is 0 Å². The molecular formula is C9H11N3O4. The number of hydrogen-bond donors (Lipinski definition) is 1. The molecule has 0 spiro atoms. The number of rotatable bonds is 4. The third-order valence-electron chi connectivity index (χ3n) is 1.96. The number of nitrogens with zero attached hydrogens (tertiary/aromatic N) is 2. The maximum absolute atomic E-state index is 11.0. The Labute approximate surface area is 91.4 Å². The normalized spacial score (nSPS) is 11.9. The molecule has 0 bridgehead atoms. The molecule has 0 aromatic carbocycles. The fourth-order valence-electron chi connectivity index (χ4n) is 1.18. The summed E-state index contributed by atoms with van der Waals surface area (Å²) in [5.41, 5.74) is 6.09. The average molecular weight is 225 g/mol. The van der Waals surface area contributed by atoms with Gasteiger partial charge in [0.05, 0.1) is 7.11 Å². The molecule has 1 aromatic rings. The van der Waals surface area contributed by atoms with Crippen molar-refractivity contribution in [2.45, 2.75) is 12.5 Å². The molecule has 1 unspecified atom stereocenters. The highest BCUT2D eigenvalue weighted by atomic mass is 16.6. The van der Waals surface area contributed by atoms with Crippen LogP contribution in [0.1, 0.15) is 5.56 Å². The van der Waals surface area contributed by atoms with Gasteiger partial charge in [0.1, 0.15) is 12.2 Å². The maximum Gasteiger partial charge on any atom is 0.363 e. The van der Waals surface area contributed by atoms with E-state index in [1.165, 1.54) is 19.4 Å². The van der Waals surface area contributed by atoms with Gasteiger partial charge < -0.3 is 20.6 Å². The Hall–Kier alpha value is -2.02. The summed E-state index contributed by atoms with van der Waals surface area (Å²) in [4.78, 5) is 24.4. The van der Waals surface area contributed by atoms with Crippen LogP contribution in [0.5, 0.6) is 0 Å². The number of carbonyl (C=O) groups is 1. The number of hydrogen-bond acceptors (Lipinski definition) is 6. The van der Waals surface area contributed by atoms with Crippen molar-refractivity contribution in [2.24, 2.45) is 5.73 Å². The summed E-state index contributed by atoms with van der Waals surface area (Å²) in [6.07, 6.45) is 1.48. The Morgan fingerprint density at radius 1 is 1.75 bits per heavy atom. The predicted octanol–water partition coefficient (Wildman–Crippen LogP) is 0.0326. The lowest BCUT2D eigenvalue weighted by molar-refractivity contribution is -0.389. The van der Waals surface area contributed by atoms with Gasteiger partial charge in [-0.05, 0) is 28.0 Å². The molecule has 0 aliphatic rings. The van der Waals surface area contributed by atoms with Gasteiger partial charge in [-0.3, -0.25) is 4.79 Å². The van der Waals surface area contributed by atoms with E-state index in [0.717, 1.165) is 0 Å². The fourth-order valence-corrected chi connectivity index (χ4v) is 1.18. The van der Waals surface area contributed by atoms with E-state index in [9.17, 15) is 14.9 Å². The molecule has 86 valence electrons. The molecule has 1 atom stereocenters. The van der Waals surface area contributed by atoms with Crippen molar-refractivity contribution in [1.82, 2.24) is 4.98 Å². The van der Waals surface area contributed by atoms with Crippen LogP contribution >= 0.6 is 0 Å². The zero-order chi connectivity index (χ0) is 12.1. The second-order valence-corrected chi connectivity index (χ2v) is 3.11. The Kier molecular flexibility index (Phi) is 3.90. The molecule has 16 heavy (non-hydrogen) atoms. The van der Waals surface area contributed by atoms with Gasteiger partial charge in [0.2, 0.25) is 0 Å². The van der Waals surface area contributed by atoms with Crippen molar-refractivity contribution in [1.29, 1.82) is 0 Å². The van der Waals surface area contributed by atoms with Crippen LogP contribution in [0.15, 0.2) is 18.3 Å². The highest BCUT2D eigenvalue weighted by Gasteiger charge is 2.16. The molecular weight excluding hydrogens is 214 g/mol. The van der Waals surface area contributed by atoms with E-state index < -0.39 is 16.9 Å². The standard InChI is InChI=1S/C9H11N3O4/c1-16-9(13)7(10)4-6-2-3-11-8(5-6)12(14)15/h2-3,5,7H,4,10H2,1H3. The lowest BCUT2D eigenvalue weighted by Gasteiger charge is -2.08. The third kappa shape index (κ3) is 2.99. The van der Waals surface area contributed by atoms with Gasteiger partial charge in [0.25, 0.3) is 0 Å². The fraction of sp³-hybridized carbons (Fsp3) is 0.333. The average Bonchev–Trinajstić information content (AvgIpc) is 2.28. The van der Waals surface area contributed by atoms with Crippen LogP contribution in [0.4, 0.5) is 5.82 Å². The molecule has 0 aliphatic heterocycles. The molecule has 1 aromatic heterocycles. The SMILES string of the molecule is COC(=O)C(N)Cc1ccnc([N+](=O)[O-])c1. The second kappa shape index (κ2) is 5.17. The van der Waals surface area contributed by atoms with Crippen LogP contribution in [-0.4, -0.2) is 29.0 Å². The molecule has 0 amide bonds. The van der Waals surface area contributed by atoms with Gasteiger partial charge in [0.15, 0.2) is 0 Å². The van der Waals surface area contributed by atoms with Gasteiger partial charge in [-0.2, -0.15) is 0 Å². The zero-order valence-electron chi connectivity index (χ0n) is 8.62. The van der Waals surface area contributed by atoms with E-state index in [2.05, 4.69) is 9.72 Å². The highest BCUT2D eigenvalue weighted by molar-refractivity contribution is 5.75. The van der Waals surface area contributed by atoms with E-state index in [0.29, 0.717) is 5.56 Å². The summed E-state index contributed by atoms with van der Waals surface area (Å²) in [5.74, 6) is -0.825. The first-order valence-electron chi connectivity index (χ1n) is 4.47. The topological polar surface area (TPSA) is 108 Å². The van der Waals surface area contributed by atoms with Gasteiger partial charge in [-0.25, -0.2) is 0 Å². The van der Waals surface area contributed by atoms with E-state index in [1.54, 1.807) is 6.07 Å². The number of methoxy groups -OCH3 is 1. The van der Waals surface area contributed by atoms with Gasteiger partial charge >= 0.3 is 11.8 Å². The largest absolute Gasteiger partial charge is 0.468 e. The Morgan fingerprint density at radius 3 is 3.00 bits per heavy atom. The Balaban J connectivity index is 2.78. The first kappa shape index (κ1) is 12.1. The van der Waals surface area contributed by atoms with Crippen LogP contribution in [0.3, 0.4) is 0 Å². The monoisotopic (exact) mass is 225 g/mol. The zero-order valence-corrected chi connectivity index (χ0v) is 8.62. The minimum Gasteiger partial charge on any atom is -0.468 e. The Morgan fingerprint density at radius 2 is 2.44 bits per heavy atom. The number of ether oxygens (including phenoxy) is 1. The Bertz CT molecular complexity index is 407. The first-order chi connectivity index (χ1) is 7.54. The number of aromatic nitrogens is 1. The number of nitrogens with two attached hydrogens (primary N) is 1. The van der Waals surface area contributed by atoms with Crippen LogP contribution in [-0.2, 0) is 16.0 Å². The second-order valence-electron chi connectivity index (χ2n) is 3.11. The van der Waals surface area contributed by atoms with Crippen molar-refractivity contribution < 1.29 is 14.5 Å². The van der Waals surface area contributed by atoms with Crippen LogP contribution in [0, 0.1) is 10.1 Å². The molecule has 0 aliphatic carbocycles. The summed E-state index contributed by atoms with van der Waals surface area (Å²) < 4.78 is 4.45. The van der Waals surface area contributed by atoms with E-state index in [-0.39, 0.29) is 12.2 Å². The van der Waals surface area contributed by atoms with E-state index in [4.69, 9.17) is 5.73 Å².